The Labute approximate surface area is 175 Å². The number of amides is 3. The first-order valence-corrected chi connectivity index (χ1v) is 9.41. The lowest BCUT2D eigenvalue weighted by Gasteiger charge is -2.23. The number of nitrogens with zero attached hydrogens (tertiary/aromatic N) is 1. The number of anilines is 1. The van der Waals surface area contributed by atoms with E-state index in [9.17, 15) is 18.8 Å². The molecule has 2 aromatic rings. The first kappa shape index (κ1) is 23.0. The van der Waals surface area contributed by atoms with Gasteiger partial charge in [0.2, 0.25) is 11.8 Å². The van der Waals surface area contributed by atoms with Crippen molar-refractivity contribution >= 4 is 23.4 Å². The van der Waals surface area contributed by atoms with Crippen LogP contribution in [0.15, 0.2) is 42.5 Å². The Morgan fingerprint density at radius 3 is 2.23 bits per heavy atom. The SMILES string of the molecule is CN(C)Cc1cc(NC(=O)Cc2ccc(F)cc2)cc(C(=O)NC(C)(C)C(N)=O)c1. The molecule has 0 bridgehead atoms. The second-order valence-corrected chi connectivity index (χ2v) is 7.95. The summed E-state index contributed by atoms with van der Waals surface area (Å²) in [4.78, 5) is 38.6. The van der Waals surface area contributed by atoms with Crippen molar-refractivity contribution in [3.63, 3.8) is 0 Å². The van der Waals surface area contributed by atoms with E-state index >= 15 is 0 Å². The maximum Gasteiger partial charge on any atom is 0.252 e. The van der Waals surface area contributed by atoms with Crippen LogP contribution >= 0.6 is 0 Å². The minimum atomic E-state index is -1.22. The lowest BCUT2D eigenvalue weighted by atomic mass is 10.0. The predicted octanol–water partition coefficient (Wildman–Crippen LogP) is 2.06. The number of hydrogen-bond donors (Lipinski definition) is 3. The van der Waals surface area contributed by atoms with Crippen LogP contribution in [0.5, 0.6) is 0 Å². The van der Waals surface area contributed by atoms with Crippen molar-refractivity contribution in [3.05, 3.63) is 65.0 Å². The zero-order valence-electron chi connectivity index (χ0n) is 17.6. The third-order valence-corrected chi connectivity index (χ3v) is 4.36. The van der Waals surface area contributed by atoms with Crippen LogP contribution in [0.1, 0.15) is 35.3 Å². The molecule has 3 amide bonds. The number of benzene rings is 2. The van der Waals surface area contributed by atoms with Crippen molar-refractivity contribution < 1.29 is 18.8 Å². The quantitative estimate of drug-likeness (QED) is 0.615. The van der Waals surface area contributed by atoms with Gasteiger partial charge in [-0.15, -0.1) is 0 Å². The molecule has 0 saturated carbocycles. The third kappa shape index (κ3) is 6.66. The zero-order chi connectivity index (χ0) is 22.5. The van der Waals surface area contributed by atoms with Gasteiger partial charge < -0.3 is 21.3 Å². The Balaban J connectivity index is 2.24. The van der Waals surface area contributed by atoms with Crippen molar-refractivity contribution in [3.8, 4) is 0 Å². The lowest BCUT2D eigenvalue weighted by Crippen LogP contribution is -2.53. The minimum Gasteiger partial charge on any atom is -0.368 e. The van der Waals surface area contributed by atoms with Crippen LogP contribution in [0, 0.1) is 5.82 Å². The molecule has 0 aromatic heterocycles. The molecule has 2 rings (SSSR count). The molecule has 0 radical (unpaired) electrons. The topological polar surface area (TPSA) is 105 Å². The molecule has 0 aliphatic heterocycles. The molecule has 0 unspecified atom stereocenters. The average Bonchev–Trinajstić information content (AvgIpc) is 2.62. The molecule has 7 nitrogen and oxygen atoms in total. The highest BCUT2D eigenvalue weighted by Crippen LogP contribution is 2.18. The number of primary amides is 1. The molecule has 0 atom stereocenters. The maximum atomic E-state index is 13.0. The van der Waals surface area contributed by atoms with Crippen LogP contribution in [0.25, 0.3) is 0 Å². The van der Waals surface area contributed by atoms with Crippen LogP contribution in [-0.2, 0) is 22.6 Å². The van der Waals surface area contributed by atoms with Gasteiger partial charge in [-0.25, -0.2) is 4.39 Å². The van der Waals surface area contributed by atoms with Crippen molar-refractivity contribution in [1.29, 1.82) is 0 Å². The second kappa shape index (κ2) is 9.49. The van der Waals surface area contributed by atoms with Gasteiger partial charge in [-0.2, -0.15) is 0 Å². The number of carbonyl (C=O) groups is 3. The summed E-state index contributed by atoms with van der Waals surface area (Å²) in [5.41, 5.74) is 6.32. The smallest absolute Gasteiger partial charge is 0.252 e. The fourth-order valence-corrected chi connectivity index (χ4v) is 2.76. The van der Waals surface area contributed by atoms with E-state index in [4.69, 9.17) is 5.73 Å². The number of carbonyl (C=O) groups excluding carboxylic acids is 3. The second-order valence-electron chi connectivity index (χ2n) is 7.95. The molecule has 4 N–H and O–H groups in total. The average molecular weight is 414 g/mol. The molecule has 2 aromatic carbocycles. The monoisotopic (exact) mass is 414 g/mol. The highest BCUT2D eigenvalue weighted by Gasteiger charge is 2.27. The highest BCUT2D eigenvalue weighted by molar-refractivity contribution is 6.00. The molecule has 0 saturated heterocycles. The summed E-state index contributed by atoms with van der Waals surface area (Å²) < 4.78 is 13.0. The molecule has 0 aliphatic carbocycles. The van der Waals surface area contributed by atoms with Crippen molar-refractivity contribution in [2.75, 3.05) is 19.4 Å². The summed E-state index contributed by atoms with van der Waals surface area (Å²) in [6, 6.07) is 10.7. The van der Waals surface area contributed by atoms with Gasteiger partial charge in [-0.3, -0.25) is 14.4 Å². The molecular weight excluding hydrogens is 387 g/mol. The Bertz CT molecular complexity index is 940. The van der Waals surface area contributed by atoms with Crippen molar-refractivity contribution in [1.82, 2.24) is 10.2 Å². The molecule has 8 heteroatoms. The largest absolute Gasteiger partial charge is 0.368 e. The van der Waals surface area contributed by atoms with E-state index in [2.05, 4.69) is 10.6 Å². The van der Waals surface area contributed by atoms with Gasteiger partial charge in [0.05, 0.1) is 6.42 Å². The zero-order valence-corrected chi connectivity index (χ0v) is 17.6. The third-order valence-electron chi connectivity index (χ3n) is 4.36. The van der Waals surface area contributed by atoms with Crippen LogP contribution in [0.3, 0.4) is 0 Å². The number of nitrogens with two attached hydrogens (primary N) is 1. The standard InChI is InChI=1S/C22H27FN4O3/c1-22(2,21(24)30)26-20(29)16-9-15(13-27(3)4)10-18(12-16)25-19(28)11-14-5-7-17(23)8-6-14/h5-10,12H,11,13H2,1-4H3,(H2,24,30)(H,25,28)(H,26,29). The van der Waals surface area contributed by atoms with Crippen LogP contribution in [0.2, 0.25) is 0 Å². The molecule has 160 valence electrons. The van der Waals surface area contributed by atoms with E-state index in [1.54, 1.807) is 24.3 Å². The van der Waals surface area contributed by atoms with E-state index < -0.39 is 17.4 Å². The van der Waals surface area contributed by atoms with Gasteiger partial charge in [-0.05, 0) is 69.4 Å². The summed E-state index contributed by atoms with van der Waals surface area (Å²) in [5.74, 6) is -1.81. The van der Waals surface area contributed by atoms with Gasteiger partial charge in [0.15, 0.2) is 0 Å². The van der Waals surface area contributed by atoms with Crippen molar-refractivity contribution in [2.45, 2.75) is 32.4 Å². The number of hydrogen-bond acceptors (Lipinski definition) is 4. The Morgan fingerprint density at radius 2 is 1.67 bits per heavy atom. The van der Waals surface area contributed by atoms with E-state index in [-0.39, 0.29) is 18.1 Å². The lowest BCUT2D eigenvalue weighted by molar-refractivity contribution is -0.122. The fourth-order valence-electron chi connectivity index (χ4n) is 2.76. The number of nitrogens with one attached hydrogen (secondary N) is 2. The predicted molar refractivity (Wildman–Crippen MR) is 113 cm³/mol. The molecule has 0 spiro atoms. The maximum absolute atomic E-state index is 13.0. The van der Waals surface area contributed by atoms with Crippen LogP contribution < -0.4 is 16.4 Å². The number of halogens is 1. The fraction of sp³-hybridized carbons (Fsp3) is 0.318. The molecule has 0 aliphatic rings. The highest BCUT2D eigenvalue weighted by atomic mass is 19.1. The Kier molecular flexibility index (Phi) is 7.28. The van der Waals surface area contributed by atoms with Gasteiger partial charge in [0.25, 0.3) is 5.91 Å². The van der Waals surface area contributed by atoms with Crippen LogP contribution in [0.4, 0.5) is 10.1 Å². The summed E-state index contributed by atoms with van der Waals surface area (Å²) in [7, 11) is 3.77. The normalized spacial score (nSPS) is 11.3. The Morgan fingerprint density at radius 1 is 1.03 bits per heavy atom. The molecule has 0 fully saturated rings. The minimum absolute atomic E-state index is 0.0639. The van der Waals surface area contributed by atoms with Gasteiger partial charge in [0.1, 0.15) is 11.4 Å². The first-order valence-electron chi connectivity index (χ1n) is 9.41. The molecule has 0 heterocycles. The van der Waals surface area contributed by atoms with Gasteiger partial charge in [-0.1, -0.05) is 12.1 Å². The van der Waals surface area contributed by atoms with Crippen molar-refractivity contribution in [2.24, 2.45) is 5.73 Å². The summed E-state index contributed by atoms with van der Waals surface area (Å²) in [5, 5.41) is 5.38. The van der Waals surface area contributed by atoms with Gasteiger partial charge >= 0.3 is 0 Å². The Hall–Kier alpha value is -3.26. The van der Waals surface area contributed by atoms with Crippen LogP contribution in [-0.4, -0.2) is 42.3 Å². The van der Waals surface area contributed by atoms with E-state index in [1.165, 1.54) is 32.0 Å². The van der Waals surface area contributed by atoms with E-state index in [0.29, 0.717) is 23.4 Å². The summed E-state index contributed by atoms with van der Waals surface area (Å²) in [6.45, 7) is 3.58. The molecular formula is C22H27FN4O3. The first-order chi connectivity index (χ1) is 14.0. The summed E-state index contributed by atoms with van der Waals surface area (Å²) >= 11 is 0. The number of rotatable bonds is 8. The molecule has 30 heavy (non-hydrogen) atoms. The van der Waals surface area contributed by atoms with Gasteiger partial charge in [0, 0.05) is 17.8 Å². The van der Waals surface area contributed by atoms with E-state index in [1.807, 2.05) is 19.0 Å². The van der Waals surface area contributed by atoms with E-state index in [0.717, 1.165) is 5.56 Å². The summed E-state index contributed by atoms with van der Waals surface area (Å²) in [6.07, 6.45) is 0.0639.